The number of rotatable bonds is 4. The fourth-order valence-corrected chi connectivity index (χ4v) is 8.25. The minimum atomic E-state index is -0.563. The maximum atomic E-state index is 5.54. The Bertz CT molecular complexity index is 3090. The Morgan fingerprint density at radius 3 is 1.90 bits per heavy atom. The summed E-state index contributed by atoms with van der Waals surface area (Å²) in [6.07, 6.45) is -0.563. The molecule has 5 nitrogen and oxygen atoms in total. The van der Waals surface area contributed by atoms with Crippen molar-refractivity contribution in [3.8, 4) is 5.69 Å². The zero-order valence-electron chi connectivity index (χ0n) is 28.1. The largest absolute Gasteiger partial charge is 0.324 e. The van der Waals surface area contributed by atoms with Crippen LogP contribution < -0.4 is 5.32 Å². The van der Waals surface area contributed by atoms with Crippen LogP contribution in [0.15, 0.2) is 186 Å². The fourth-order valence-electron chi connectivity index (χ4n) is 8.25. The summed E-state index contributed by atoms with van der Waals surface area (Å²) >= 11 is 0. The van der Waals surface area contributed by atoms with E-state index in [0.29, 0.717) is 0 Å². The second-order valence-electron chi connectivity index (χ2n) is 13.4. The first-order valence-electron chi connectivity index (χ1n) is 17.7. The van der Waals surface area contributed by atoms with E-state index in [0.717, 1.165) is 55.9 Å². The van der Waals surface area contributed by atoms with Crippen LogP contribution in [0.5, 0.6) is 0 Å². The summed E-state index contributed by atoms with van der Waals surface area (Å²) in [4.78, 5) is 10.9. The normalized spacial score (nSPS) is 14.7. The van der Waals surface area contributed by atoms with Crippen LogP contribution in [0.4, 0.5) is 0 Å². The molecule has 1 aliphatic heterocycles. The molecule has 52 heavy (non-hydrogen) atoms. The van der Waals surface area contributed by atoms with E-state index >= 15 is 0 Å². The van der Waals surface area contributed by atoms with Crippen molar-refractivity contribution in [2.45, 2.75) is 6.29 Å². The Balaban J connectivity index is 1.22. The zero-order valence-corrected chi connectivity index (χ0v) is 28.1. The van der Waals surface area contributed by atoms with E-state index in [-0.39, 0.29) is 0 Å². The summed E-state index contributed by atoms with van der Waals surface area (Å²) < 4.78 is 4.69. The molecule has 1 atom stereocenters. The van der Waals surface area contributed by atoms with E-state index in [2.05, 4.69) is 184 Å². The van der Waals surface area contributed by atoms with E-state index in [1.807, 2.05) is 6.07 Å². The predicted molar refractivity (Wildman–Crippen MR) is 217 cm³/mol. The first kappa shape index (κ1) is 28.8. The Hall–Kier alpha value is -6.98. The highest BCUT2D eigenvalue weighted by Crippen LogP contribution is 2.41. The number of nitrogens with one attached hydrogen (secondary N) is 1. The summed E-state index contributed by atoms with van der Waals surface area (Å²) in [5.74, 6) is 1.58. The average molecular weight is 666 g/mol. The van der Waals surface area contributed by atoms with Gasteiger partial charge in [-0.2, -0.15) is 0 Å². The molecule has 0 amide bonds. The SMILES string of the molecule is c1ccc(C2=NC(n3c4cc5ccccc5cc4c4c5ccccc5ccc43)N=C(c3cccc4c3c3ccccc3n4-c3ccccc3)N2)cc1. The van der Waals surface area contributed by atoms with Crippen LogP contribution in [-0.2, 0) is 0 Å². The lowest BCUT2D eigenvalue weighted by Gasteiger charge is -2.24. The van der Waals surface area contributed by atoms with Gasteiger partial charge in [-0.1, -0.05) is 133 Å². The molecule has 244 valence electrons. The summed E-state index contributed by atoms with van der Waals surface area (Å²) in [6.45, 7) is 0. The first-order chi connectivity index (χ1) is 25.8. The van der Waals surface area contributed by atoms with Gasteiger partial charge >= 0.3 is 0 Å². The van der Waals surface area contributed by atoms with Gasteiger partial charge in [0.2, 0.25) is 6.29 Å². The number of aromatic nitrogens is 2. The number of hydrogen-bond acceptors (Lipinski definition) is 3. The number of hydrogen-bond donors (Lipinski definition) is 1. The highest BCUT2D eigenvalue weighted by Gasteiger charge is 2.27. The Kier molecular flexibility index (Phi) is 6.25. The maximum absolute atomic E-state index is 5.54. The summed E-state index contributed by atoms with van der Waals surface area (Å²) in [6, 6.07) is 62.6. The van der Waals surface area contributed by atoms with Crippen molar-refractivity contribution in [3.63, 3.8) is 0 Å². The highest BCUT2D eigenvalue weighted by atomic mass is 15.3. The van der Waals surface area contributed by atoms with Crippen molar-refractivity contribution in [1.82, 2.24) is 14.5 Å². The van der Waals surface area contributed by atoms with Crippen LogP contribution in [0.2, 0.25) is 0 Å². The first-order valence-corrected chi connectivity index (χ1v) is 17.7. The molecule has 0 aliphatic carbocycles. The molecule has 3 heterocycles. The van der Waals surface area contributed by atoms with E-state index in [9.17, 15) is 0 Å². The average Bonchev–Trinajstić information content (AvgIpc) is 3.73. The third-order valence-electron chi connectivity index (χ3n) is 10.5. The lowest BCUT2D eigenvalue weighted by Crippen LogP contribution is -2.37. The molecule has 1 unspecified atom stereocenters. The molecule has 5 heteroatoms. The van der Waals surface area contributed by atoms with Crippen molar-refractivity contribution < 1.29 is 0 Å². The van der Waals surface area contributed by atoms with E-state index < -0.39 is 6.29 Å². The standard InChI is InChI=1S/C47H31N5/c1-3-15-31(16-4-1)45-48-46(37-23-13-25-40-44(37)36-22-11-12-24-39(36)51(40)34-19-5-2-6-20-34)50-47(49-45)52-41-27-26-30-14-9-10-21-35(30)43(41)38-28-32-17-7-8-18-33(32)29-42(38)52/h1-29,47H,(H,48,49,50). The van der Waals surface area contributed by atoms with Gasteiger partial charge in [0.1, 0.15) is 11.7 Å². The Labute approximate surface area is 299 Å². The van der Waals surface area contributed by atoms with E-state index in [1.54, 1.807) is 0 Å². The van der Waals surface area contributed by atoms with Crippen molar-refractivity contribution in [3.05, 3.63) is 187 Å². The minimum absolute atomic E-state index is 0.563. The van der Waals surface area contributed by atoms with Crippen molar-refractivity contribution in [2.75, 3.05) is 0 Å². The molecule has 2 aromatic heterocycles. The molecule has 0 bridgehead atoms. The van der Waals surface area contributed by atoms with Crippen LogP contribution in [-0.4, -0.2) is 20.8 Å². The van der Waals surface area contributed by atoms with Gasteiger partial charge in [-0.15, -0.1) is 0 Å². The molecule has 0 fully saturated rings. The predicted octanol–water partition coefficient (Wildman–Crippen LogP) is 11.2. The molecule has 0 spiro atoms. The number of para-hydroxylation sites is 2. The van der Waals surface area contributed by atoms with E-state index in [4.69, 9.17) is 9.98 Å². The van der Waals surface area contributed by atoms with Gasteiger partial charge in [0, 0.05) is 38.4 Å². The maximum Gasteiger partial charge on any atom is 0.224 e. The third kappa shape index (κ3) is 4.29. The topological polar surface area (TPSA) is 46.6 Å². The lowest BCUT2D eigenvalue weighted by atomic mass is 10.0. The van der Waals surface area contributed by atoms with Gasteiger partial charge in [0.05, 0.1) is 22.1 Å². The summed E-state index contributed by atoms with van der Waals surface area (Å²) in [7, 11) is 0. The summed E-state index contributed by atoms with van der Waals surface area (Å²) in [5, 5.41) is 13.3. The van der Waals surface area contributed by atoms with Crippen LogP contribution in [0.1, 0.15) is 17.4 Å². The Morgan fingerprint density at radius 1 is 0.423 bits per heavy atom. The lowest BCUT2D eigenvalue weighted by molar-refractivity contribution is 0.575. The van der Waals surface area contributed by atoms with Gasteiger partial charge in [-0.05, 0) is 64.0 Å². The molecule has 0 saturated heterocycles. The molecule has 1 aliphatic rings. The van der Waals surface area contributed by atoms with Crippen LogP contribution >= 0.6 is 0 Å². The molecule has 1 N–H and O–H groups in total. The molecule has 11 rings (SSSR count). The monoisotopic (exact) mass is 665 g/mol. The molecular formula is C47H31N5. The zero-order chi connectivity index (χ0) is 34.2. The second-order valence-corrected chi connectivity index (χ2v) is 13.4. The minimum Gasteiger partial charge on any atom is -0.324 e. The molecule has 10 aromatic rings. The Morgan fingerprint density at radius 2 is 1.08 bits per heavy atom. The van der Waals surface area contributed by atoms with Gasteiger partial charge in [-0.3, -0.25) is 4.57 Å². The van der Waals surface area contributed by atoms with Crippen molar-refractivity contribution in [1.29, 1.82) is 0 Å². The van der Waals surface area contributed by atoms with Crippen molar-refractivity contribution >= 4 is 76.8 Å². The van der Waals surface area contributed by atoms with Gasteiger partial charge in [-0.25, -0.2) is 9.98 Å². The number of amidine groups is 2. The van der Waals surface area contributed by atoms with Crippen LogP contribution in [0.25, 0.3) is 70.8 Å². The molecular weight excluding hydrogens is 635 g/mol. The number of fused-ring (bicyclic) bond motifs is 9. The van der Waals surface area contributed by atoms with Gasteiger partial charge in [0.25, 0.3) is 0 Å². The number of benzene rings is 8. The number of aliphatic imine (C=N–C) groups is 2. The third-order valence-corrected chi connectivity index (χ3v) is 10.5. The quantitative estimate of drug-likeness (QED) is 0.200. The second kappa shape index (κ2) is 11.3. The summed E-state index contributed by atoms with van der Waals surface area (Å²) in [5.41, 5.74) is 7.67. The smallest absolute Gasteiger partial charge is 0.224 e. The van der Waals surface area contributed by atoms with Crippen molar-refractivity contribution in [2.24, 2.45) is 9.98 Å². The van der Waals surface area contributed by atoms with Crippen LogP contribution in [0.3, 0.4) is 0 Å². The highest BCUT2D eigenvalue weighted by molar-refractivity contribution is 6.25. The fraction of sp³-hybridized carbons (Fsp3) is 0.0213. The van der Waals surface area contributed by atoms with Gasteiger partial charge < -0.3 is 9.88 Å². The van der Waals surface area contributed by atoms with Gasteiger partial charge in [0.15, 0.2) is 0 Å². The van der Waals surface area contributed by atoms with E-state index in [1.165, 1.54) is 37.7 Å². The van der Waals surface area contributed by atoms with Crippen LogP contribution in [0, 0.1) is 0 Å². The molecule has 0 radical (unpaired) electrons. The number of nitrogens with zero attached hydrogens (tertiary/aromatic N) is 4. The molecule has 0 saturated carbocycles. The molecule has 8 aromatic carbocycles.